The number of rotatable bonds is 3. The Kier molecular flexibility index (Phi) is 5.79. The first-order chi connectivity index (χ1) is 12.1. The predicted octanol–water partition coefficient (Wildman–Crippen LogP) is 2.48. The topological polar surface area (TPSA) is 90.0 Å². The molecule has 1 saturated heterocycles. The van der Waals surface area contributed by atoms with Crippen LogP contribution in [0.5, 0.6) is 0 Å². The number of ketones is 2. The van der Waals surface area contributed by atoms with Gasteiger partial charge >= 0.3 is 12.1 Å². The Labute approximate surface area is 152 Å². The maximum atomic E-state index is 12.7. The summed E-state index contributed by atoms with van der Waals surface area (Å²) in [5.41, 5.74) is -0.0293. The van der Waals surface area contributed by atoms with Gasteiger partial charge < -0.3 is 14.4 Å². The van der Waals surface area contributed by atoms with E-state index in [1.807, 2.05) is 0 Å². The molecule has 1 aliphatic rings. The van der Waals surface area contributed by atoms with Crippen LogP contribution in [0.25, 0.3) is 0 Å². The van der Waals surface area contributed by atoms with Gasteiger partial charge in [-0.05, 0) is 32.9 Å². The van der Waals surface area contributed by atoms with E-state index in [1.54, 1.807) is 20.8 Å². The standard InChI is InChI=1S/C19H23NO6/c1-19(2,3)26-18(24)20-10-9-15(21)14(11-20)16(22)12-5-7-13(8-6-12)17(23)25-4/h5-8,14H,9-11H2,1-4H3. The largest absolute Gasteiger partial charge is 0.465 e. The van der Waals surface area contributed by atoms with E-state index in [1.165, 1.54) is 36.3 Å². The molecule has 1 aromatic carbocycles. The summed E-state index contributed by atoms with van der Waals surface area (Å²) in [6, 6.07) is 5.90. The van der Waals surface area contributed by atoms with Gasteiger partial charge in [0.05, 0.1) is 18.6 Å². The fourth-order valence-corrected chi connectivity index (χ4v) is 2.64. The van der Waals surface area contributed by atoms with Crippen LogP contribution in [0.4, 0.5) is 4.79 Å². The maximum absolute atomic E-state index is 12.7. The number of nitrogens with zero attached hydrogens (tertiary/aromatic N) is 1. The van der Waals surface area contributed by atoms with E-state index < -0.39 is 23.6 Å². The zero-order valence-electron chi connectivity index (χ0n) is 15.4. The van der Waals surface area contributed by atoms with E-state index in [2.05, 4.69) is 4.74 Å². The van der Waals surface area contributed by atoms with Gasteiger partial charge in [-0.3, -0.25) is 9.59 Å². The van der Waals surface area contributed by atoms with Crippen molar-refractivity contribution in [3.63, 3.8) is 0 Å². The lowest BCUT2D eigenvalue weighted by Crippen LogP contribution is -2.48. The molecule has 1 atom stereocenters. The fraction of sp³-hybridized carbons (Fsp3) is 0.474. The average Bonchev–Trinajstić information content (AvgIpc) is 2.59. The van der Waals surface area contributed by atoms with E-state index in [9.17, 15) is 19.2 Å². The number of hydrogen-bond acceptors (Lipinski definition) is 6. The minimum atomic E-state index is -0.930. The van der Waals surface area contributed by atoms with Crippen molar-refractivity contribution in [2.75, 3.05) is 20.2 Å². The lowest BCUT2D eigenvalue weighted by atomic mass is 9.88. The maximum Gasteiger partial charge on any atom is 0.410 e. The first-order valence-corrected chi connectivity index (χ1v) is 8.35. The van der Waals surface area contributed by atoms with Crippen molar-refractivity contribution in [1.29, 1.82) is 0 Å². The van der Waals surface area contributed by atoms with Crippen molar-refractivity contribution >= 4 is 23.6 Å². The molecule has 0 N–H and O–H groups in total. The van der Waals surface area contributed by atoms with Gasteiger partial charge in [0.25, 0.3) is 0 Å². The van der Waals surface area contributed by atoms with Crippen molar-refractivity contribution in [3.8, 4) is 0 Å². The number of ether oxygens (including phenoxy) is 2. The molecule has 1 heterocycles. The van der Waals surface area contributed by atoms with Crippen molar-refractivity contribution in [1.82, 2.24) is 4.90 Å². The minimum absolute atomic E-state index is 0.00860. The number of benzene rings is 1. The van der Waals surface area contributed by atoms with Crippen LogP contribution >= 0.6 is 0 Å². The second-order valence-electron chi connectivity index (χ2n) is 7.13. The molecular formula is C19H23NO6. The molecule has 1 amide bonds. The molecule has 7 nitrogen and oxygen atoms in total. The van der Waals surface area contributed by atoms with Crippen molar-refractivity contribution < 1.29 is 28.7 Å². The lowest BCUT2D eigenvalue weighted by Gasteiger charge is -2.32. The predicted molar refractivity (Wildman–Crippen MR) is 93.0 cm³/mol. The number of methoxy groups -OCH3 is 1. The SMILES string of the molecule is COC(=O)c1ccc(C(=O)C2CN(C(=O)OC(C)(C)C)CCC2=O)cc1. The number of piperidine rings is 1. The fourth-order valence-electron chi connectivity index (χ4n) is 2.64. The van der Waals surface area contributed by atoms with Gasteiger partial charge in [-0.1, -0.05) is 12.1 Å². The molecule has 0 spiro atoms. The molecular weight excluding hydrogens is 338 g/mol. The summed E-state index contributed by atoms with van der Waals surface area (Å²) in [6.45, 7) is 5.49. The summed E-state index contributed by atoms with van der Waals surface area (Å²) in [5, 5.41) is 0. The third-order valence-electron chi connectivity index (χ3n) is 3.98. The van der Waals surface area contributed by atoms with E-state index in [-0.39, 0.29) is 31.1 Å². The highest BCUT2D eigenvalue weighted by Gasteiger charge is 2.36. The van der Waals surface area contributed by atoms with Crippen LogP contribution in [0.3, 0.4) is 0 Å². The Bertz CT molecular complexity index is 717. The molecule has 0 aromatic heterocycles. The molecule has 26 heavy (non-hydrogen) atoms. The molecule has 1 aromatic rings. The molecule has 2 rings (SSSR count). The van der Waals surface area contributed by atoms with Crippen LogP contribution < -0.4 is 0 Å². The third-order valence-corrected chi connectivity index (χ3v) is 3.98. The molecule has 0 radical (unpaired) electrons. The monoisotopic (exact) mass is 361 g/mol. The lowest BCUT2D eigenvalue weighted by molar-refractivity contribution is -0.124. The molecule has 0 saturated carbocycles. The van der Waals surface area contributed by atoms with Gasteiger partial charge in [0.2, 0.25) is 0 Å². The van der Waals surface area contributed by atoms with Crippen LogP contribution in [-0.4, -0.2) is 54.3 Å². The molecule has 7 heteroatoms. The van der Waals surface area contributed by atoms with Gasteiger partial charge in [0, 0.05) is 25.1 Å². The molecule has 0 aliphatic carbocycles. The van der Waals surface area contributed by atoms with E-state index in [4.69, 9.17) is 4.74 Å². The van der Waals surface area contributed by atoms with Crippen molar-refractivity contribution in [2.45, 2.75) is 32.8 Å². The number of carbonyl (C=O) groups excluding carboxylic acids is 4. The number of Topliss-reactive ketones (excluding diaryl/α,β-unsaturated/α-hetero) is 2. The first kappa shape index (κ1) is 19.6. The van der Waals surface area contributed by atoms with Crippen LogP contribution in [0, 0.1) is 5.92 Å². The Balaban J connectivity index is 2.12. The van der Waals surface area contributed by atoms with Crippen LogP contribution in [0.1, 0.15) is 47.9 Å². The zero-order valence-corrected chi connectivity index (χ0v) is 15.4. The second kappa shape index (κ2) is 7.68. The highest BCUT2D eigenvalue weighted by molar-refractivity contribution is 6.11. The highest BCUT2D eigenvalue weighted by Crippen LogP contribution is 2.21. The van der Waals surface area contributed by atoms with Crippen LogP contribution in [0.2, 0.25) is 0 Å². The van der Waals surface area contributed by atoms with E-state index >= 15 is 0 Å². The average molecular weight is 361 g/mol. The summed E-state index contributed by atoms with van der Waals surface area (Å²) >= 11 is 0. The summed E-state index contributed by atoms with van der Waals surface area (Å²) in [5.74, 6) is -2.01. The normalized spacial score (nSPS) is 17.6. The zero-order chi connectivity index (χ0) is 19.5. The number of hydrogen-bond donors (Lipinski definition) is 0. The number of carbonyl (C=O) groups is 4. The van der Waals surface area contributed by atoms with Gasteiger partial charge in [-0.15, -0.1) is 0 Å². The Morgan fingerprint density at radius 3 is 2.19 bits per heavy atom. The Morgan fingerprint density at radius 1 is 1.08 bits per heavy atom. The molecule has 1 aliphatic heterocycles. The van der Waals surface area contributed by atoms with Crippen molar-refractivity contribution in [3.05, 3.63) is 35.4 Å². The molecule has 1 unspecified atom stereocenters. The summed E-state index contributed by atoms with van der Waals surface area (Å²) in [6.07, 6.45) is -0.431. The summed E-state index contributed by atoms with van der Waals surface area (Å²) < 4.78 is 9.93. The van der Waals surface area contributed by atoms with E-state index in [0.717, 1.165) is 0 Å². The van der Waals surface area contributed by atoms with Crippen LogP contribution in [0.15, 0.2) is 24.3 Å². The first-order valence-electron chi connectivity index (χ1n) is 8.35. The van der Waals surface area contributed by atoms with Gasteiger partial charge in [-0.25, -0.2) is 9.59 Å². The Morgan fingerprint density at radius 2 is 1.65 bits per heavy atom. The quantitative estimate of drug-likeness (QED) is 0.467. The van der Waals surface area contributed by atoms with Crippen LogP contribution in [-0.2, 0) is 14.3 Å². The molecule has 0 bridgehead atoms. The second-order valence-corrected chi connectivity index (χ2v) is 7.13. The van der Waals surface area contributed by atoms with Gasteiger partial charge in [0.15, 0.2) is 5.78 Å². The minimum Gasteiger partial charge on any atom is -0.465 e. The van der Waals surface area contributed by atoms with Gasteiger partial charge in [-0.2, -0.15) is 0 Å². The smallest absolute Gasteiger partial charge is 0.410 e. The number of esters is 1. The highest BCUT2D eigenvalue weighted by atomic mass is 16.6. The molecule has 1 fully saturated rings. The summed E-state index contributed by atoms with van der Waals surface area (Å²) in [7, 11) is 1.27. The number of likely N-dealkylation sites (tertiary alicyclic amines) is 1. The summed E-state index contributed by atoms with van der Waals surface area (Å²) in [4.78, 5) is 50.0. The Hall–Kier alpha value is -2.70. The van der Waals surface area contributed by atoms with Crippen molar-refractivity contribution in [2.24, 2.45) is 5.92 Å². The molecule has 140 valence electrons. The third kappa shape index (κ3) is 4.68. The number of amides is 1. The van der Waals surface area contributed by atoms with E-state index in [0.29, 0.717) is 11.1 Å². The van der Waals surface area contributed by atoms with Gasteiger partial charge in [0.1, 0.15) is 11.4 Å².